The highest BCUT2D eigenvalue weighted by Crippen LogP contribution is 2.05. The highest BCUT2D eigenvalue weighted by atomic mass is 16.5. The van der Waals surface area contributed by atoms with E-state index in [1.165, 1.54) is 0 Å². The van der Waals surface area contributed by atoms with Gasteiger partial charge in [0.05, 0.1) is 12.5 Å². The van der Waals surface area contributed by atoms with Gasteiger partial charge in [-0.2, -0.15) is 0 Å². The van der Waals surface area contributed by atoms with Crippen LogP contribution in [0, 0.1) is 0 Å². The molecule has 3 nitrogen and oxygen atoms in total. The lowest BCUT2D eigenvalue weighted by molar-refractivity contribution is -0.147. The van der Waals surface area contributed by atoms with Crippen LogP contribution in [0.25, 0.3) is 0 Å². The Hall–Kier alpha value is -1.35. The number of rotatable bonds is 5. The van der Waals surface area contributed by atoms with Gasteiger partial charge in [0.25, 0.3) is 0 Å². The molecule has 1 aromatic rings. The first kappa shape index (κ1) is 12.7. The normalized spacial score (nSPS) is 12.5. The molecule has 3 heteroatoms. The summed E-state index contributed by atoms with van der Waals surface area (Å²) < 4.78 is 5.04. The molecule has 0 aliphatic carbocycles. The summed E-state index contributed by atoms with van der Waals surface area (Å²) in [6.07, 6.45) is 0.901. The average Bonchev–Trinajstić information content (AvgIpc) is 2.17. The summed E-state index contributed by atoms with van der Waals surface area (Å²) in [6, 6.07) is 9.74. The summed E-state index contributed by atoms with van der Waals surface area (Å²) in [5, 5.41) is 0. The van der Waals surface area contributed by atoms with E-state index in [1.807, 2.05) is 44.2 Å². The zero-order chi connectivity index (χ0) is 12.0. The van der Waals surface area contributed by atoms with E-state index in [2.05, 4.69) is 0 Å². The maximum atomic E-state index is 11.4. The van der Waals surface area contributed by atoms with Gasteiger partial charge in [0.15, 0.2) is 0 Å². The van der Waals surface area contributed by atoms with Crippen LogP contribution in [0.4, 0.5) is 0 Å². The van der Waals surface area contributed by atoms with E-state index in [9.17, 15) is 4.79 Å². The number of hydrogen-bond donors (Lipinski definition) is 1. The Morgan fingerprint density at radius 3 is 2.50 bits per heavy atom. The Morgan fingerprint density at radius 1 is 1.31 bits per heavy atom. The molecule has 0 heterocycles. The summed E-state index contributed by atoms with van der Waals surface area (Å²) in [5.74, 6) is -0.224. The molecular formula is C13H19NO2. The molecule has 0 aliphatic heterocycles. The second kappa shape index (κ2) is 6.28. The van der Waals surface area contributed by atoms with Gasteiger partial charge in [0.1, 0.15) is 0 Å². The standard InChI is InChI=1S/C13H19NO2/c1-10(2)16-13(15)9-12(14)8-11-6-4-3-5-7-11/h3-7,10,12H,8-9,14H2,1-2H3/t12-/m0/s1. The van der Waals surface area contributed by atoms with Crippen molar-refractivity contribution in [2.24, 2.45) is 5.73 Å². The van der Waals surface area contributed by atoms with Crippen LogP contribution in [0.1, 0.15) is 25.8 Å². The largest absolute Gasteiger partial charge is 0.463 e. The van der Waals surface area contributed by atoms with E-state index in [0.717, 1.165) is 5.56 Å². The highest BCUT2D eigenvalue weighted by molar-refractivity contribution is 5.70. The molecule has 16 heavy (non-hydrogen) atoms. The number of esters is 1. The van der Waals surface area contributed by atoms with Crippen LogP contribution in [-0.2, 0) is 16.0 Å². The van der Waals surface area contributed by atoms with E-state index in [0.29, 0.717) is 6.42 Å². The third-order valence-electron chi connectivity index (χ3n) is 2.14. The highest BCUT2D eigenvalue weighted by Gasteiger charge is 2.12. The maximum absolute atomic E-state index is 11.4. The summed E-state index contributed by atoms with van der Waals surface area (Å²) in [6.45, 7) is 3.67. The lowest BCUT2D eigenvalue weighted by Crippen LogP contribution is -2.28. The number of nitrogens with two attached hydrogens (primary N) is 1. The van der Waals surface area contributed by atoms with Gasteiger partial charge in [0, 0.05) is 6.04 Å². The first-order valence-corrected chi connectivity index (χ1v) is 5.57. The fourth-order valence-corrected chi connectivity index (χ4v) is 1.51. The van der Waals surface area contributed by atoms with Gasteiger partial charge in [-0.05, 0) is 25.8 Å². The third kappa shape index (κ3) is 4.94. The molecule has 0 unspecified atom stereocenters. The van der Waals surface area contributed by atoms with Crippen molar-refractivity contribution in [2.45, 2.75) is 38.8 Å². The minimum atomic E-state index is -0.224. The molecular weight excluding hydrogens is 202 g/mol. The summed E-state index contributed by atoms with van der Waals surface area (Å²) in [4.78, 5) is 11.4. The van der Waals surface area contributed by atoms with Crippen molar-refractivity contribution < 1.29 is 9.53 Å². The molecule has 0 aliphatic rings. The van der Waals surface area contributed by atoms with Crippen molar-refractivity contribution in [3.8, 4) is 0 Å². The lowest BCUT2D eigenvalue weighted by atomic mass is 10.0. The van der Waals surface area contributed by atoms with E-state index in [-0.39, 0.29) is 24.5 Å². The summed E-state index contributed by atoms with van der Waals surface area (Å²) in [7, 11) is 0. The van der Waals surface area contributed by atoms with Crippen molar-refractivity contribution in [1.29, 1.82) is 0 Å². The van der Waals surface area contributed by atoms with Crippen LogP contribution in [0.15, 0.2) is 30.3 Å². The van der Waals surface area contributed by atoms with E-state index in [1.54, 1.807) is 0 Å². The van der Waals surface area contributed by atoms with Crippen LogP contribution in [0.3, 0.4) is 0 Å². The van der Waals surface area contributed by atoms with Crippen LogP contribution in [0.5, 0.6) is 0 Å². The van der Waals surface area contributed by atoms with Crippen LogP contribution in [0.2, 0.25) is 0 Å². The SMILES string of the molecule is CC(C)OC(=O)C[C@@H](N)Cc1ccccc1. The molecule has 0 saturated carbocycles. The average molecular weight is 221 g/mol. The van der Waals surface area contributed by atoms with Crippen LogP contribution < -0.4 is 5.73 Å². The number of benzene rings is 1. The van der Waals surface area contributed by atoms with E-state index in [4.69, 9.17) is 10.5 Å². The van der Waals surface area contributed by atoms with Gasteiger partial charge in [-0.1, -0.05) is 30.3 Å². The Labute approximate surface area is 96.6 Å². The molecule has 0 radical (unpaired) electrons. The molecule has 0 aromatic heterocycles. The molecule has 1 aromatic carbocycles. The zero-order valence-electron chi connectivity index (χ0n) is 9.85. The van der Waals surface area contributed by atoms with E-state index < -0.39 is 0 Å². The number of ether oxygens (including phenoxy) is 1. The molecule has 0 spiro atoms. The Bertz CT molecular complexity index is 322. The summed E-state index contributed by atoms with van der Waals surface area (Å²) >= 11 is 0. The van der Waals surface area contributed by atoms with E-state index >= 15 is 0 Å². The van der Waals surface area contributed by atoms with Gasteiger partial charge in [-0.25, -0.2) is 0 Å². The first-order chi connectivity index (χ1) is 7.58. The van der Waals surface area contributed by atoms with Crippen molar-refractivity contribution in [3.05, 3.63) is 35.9 Å². The van der Waals surface area contributed by atoms with Crippen LogP contribution >= 0.6 is 0 Å². The van der Waals surface area contributed by atoms with Gasteiger partial charge >= 0.3 is 5.97 Å². The van der Waals surface area contributed by atoms with Gasteiger partial charge in [0.2, 0.25) is 0 Å². The zero-order valence-corrected chi connectivity index (χ0v) is 9.85. The third-order valence-corrected chi connectivity index (χ3v) is 2.14. The Balaban J connectivity index is 2.36. The van der Waals surface area contributed by atoms with Gasteiger partial charge in [-0.15, -0.1) is 0 Å². The predicted octanol–water partition coefficient (Wildman–Crippen LogP) is 1.90. The second-order valence-corrected chi connectivity index (χ2v) is 4.19. The number of carbonyl (C=O) groups excluding carboxylic acids is 1. The number of carbonyl (C=O) groups is 1. The maximum Gasteiger partial charge on any atom is 0.307 e. The summed E-state index contributed by atoms with van der Waals surface area (Å²) in [5.41, 5.74) is 7.03. The minimum absolute atomic E-state index is 0.0728. The molecule has 88 valence electrons. The lowest BCUT2D eigenvalue weighted by Gasteiger charge is -2.12. The fourth-order valence-electron chi connectivity index (χ4n) is 1.51. The van der Waals surface area contributed by atoms with Crippen molar-refractivity contribution >= 4 is 5.97 Å². The Morgan fingerprint density at radius 2 is 1.94 bits per heavy atom. The molecule has 0 amide bonds. The van der Waals surface area contributed by atoms with Crippen molar-refractivity contribution in [1.82, 2.24) is 0 Å². The molecule has 0 bridgehead atoms. The first-order valence-electron chi connectivity index (χ1n) is 5.57. The quantitative estimate of drug-likeness (QED) is 0.773. The second-order valence-electron chi connectivity index (χ2n) is 4.19. The topological polar surface area (TPSA) is 52.3 Å². The van der Waals surface area contributed by atoms with Crippen LogP contribution in [-0.4, -0.2) is 18.1 Å². The molecule has 0 fully saturated rings. The van der Waals surface area contributed by atoms with Gasteiger partial charge < -0.3 is 10.5 Å². The minimum Gasteiger partial charge on any atom is -0.463 e. The molecule has 1 atom stereocenters. The smallest absolute Gasteiger partial charge is 0.307 e. The number of hydrogen-bond acceptors (Lipinski definition) is 3. The molecule has 2 N–H and O–H groups in total. The molecule has 1 rings (SSSR count). The fraction of sp³-hybridized carbons (Fsp3) is 0.462. The van der Waals surface area contributed by atoms with Gasteiger partial charge in [-0.3, -0.25) is 4.79 Å². The Kier molecular flexibility index (Phi) is 4.99. The van der Waals surface area contributed by atoms with Crippen molar-refractivity contribution in [3.63, 3.8) is 0 Å². The monoisotopic (exact) mass is 221 g/mol. The molecule has 0 saturated heterocycles. The van der Waals surface area contributed by atoms with Crippen molar-refractivity contribution in [2.75, 3.05) is 0 Å². The predicted molar refractivity (Wildman–Crippen MR) is 64.0 cm³/mol.